The van der Waals surface area contributed by atoms with Crippen molar-refractivity contribution in [2.45, 2.75) is 0 Å². The Balaban J connectivity index is 1.86. The molecule has 1 fully saturated rings. The van der Waals surface area contributed by atoms with Crippen LogP contribution in [0.1, 0.15) is 10.5 Å². The molecule has 0 radical (unpaired) electrons. The maximum absolute atomic E-state index is 12.6. The van der Waals surface area contributed by atoms with Crippen molar-refractivity contribution in [1.29, 1.82) is 0 Å². The predicted octanol–water partition coefficient (Wildman–Crippen LogP) is 1.27. The minimum atomic E-state index is -0.0407. The van der Waals surface area contributed by atoms with Crippen molar-refractivity contribution in [3.05, 3.63) is 42.1 Å². The molecule has 1 saturated heterocycles. The Morgan fingerprint density at radius 1 is 1.14 bits per heavy atom. The van der Waals surface area contributed by atoms with Gasteiger partial charge in [0, 0.05) is 32.2 Å². The highest BCUT2D eigenvalue weighted by molar-refractivity contribution is 5.92. The molecule has 1 aliphatic rings. The molecular formula is C16H20N4O2. The van der Waals surface area contributed by atoms with Gasteiger partial charge in [0.25, 0.3) is 5.91 Å². The van der Waals surface area contributed by atoms with Crippen LogP contribution in [0.15, 0.2) is 36.4 Å². The molecule has 0 aliphatic carbocycles. The van der Waals surface area contributed by atoms with E-state index in [1.807, 2.05) is 35.2 Å². The van der Waals surface area contributed by atoms with Gasteiger partial charge in [0.15, 0.2) is 5.69 Å². The van der Waals surface area contributed by atoms with Crippen LogP contribution >= 0.6 is 0 Å². The van der Waals surface area contributed by atoms with Gasteiger partial charge in [-0.05, 0) is 19.2 Å². The van der Waals surface area contributed by atoms with Crippen LogP contribution in [-0.2, 0) is 0 Å². The molecule has 1 amide bonds. The number of carbonyl (C=O) groups is 1. The molecule has 116 valence electrons. The third kappa shape index (κ3) is 2.82. The summed E-state index contributed by atoms with van der Waals surface area (Å²) in [6.45, 7) is 3.25. The van der Waals surface area contributed by atoms with Gasteiger partial charge in [0.2, 0.25) is 5.88 Å². The lowest BCUT2D eigenvalue weighted by atomic mass is 10.3. The summed E-state index contributed by atoms with van der Waals surface area (Å²) in [5.41, 5.74) is 1.29. The highest BCUT2D eigenvalue weighted by Crippen LogP contribution is 2.20. The zero-order valence-corrected chi connectivity index (χ0v) is 12.9. The van der Waals surface area contributed by atoms with Crippen molar-refractivity contribution in [2.75, 3.05) is 40.3 Å². The topological polar surface area (TPSA) is 50.6 Å². The lowest BCUT2D eigenvalue weighted by Crippen LogP contribution is -2.47. The SMILES string of the molecule is COc1cc(C(=O)N2CCN(C)CC2)nn1-c1ccccc1. The first-order valence-corrected chi connectivity index (χ1v) is 7.36. The van der Waals surface area contributed by atoms with Gasteiger partial charge >= 0.3 is 0 Å². The van der Waals surface area contributed by atoms with E-state index in [1.54, 1.807) is 17.9 Å². The molecular weight excluding hydrogens is 280 g/mol. The van der Waals surface area contributed by atoms with E-state index in [0.29, 0.717) is 11.6 Å². The number of hydrogen-bond acceptors (Lipinski definition) is 4. The first-order valence-electron chi connectivity index (χ1n) is 7.36. The van der Waals surface area contributed by atoms with E-state index in [-0.39, 0.29) is 5.91 Å². The Morgan fingerprint density at radius 2 is 1.82 bits per heavy atom. The van der Waals surface area contributed by atoms with Crippen LogP contribution in [0.3, 0.4) is 0 Å². The number of likely N-dealkylation sites (N-methyl/N-ethyl adjacent to an activating group) is 1. The fourth-order valence-corrected chi connectivity index (χ4v) is 2.54. The van der Waals surface area contributed by atoms with E-state index >= 15 is 0 Å². The molecule has 0 unspecified atom stereocenters. The molecule has 0 atom stereocenters. The van der Waals surface area contributed by atoms with Crippen molar-refractivity contribution in [3.63, 3.8) is 0 Å². The van der Waals surface area contributed by atoms with Crippen LogP contribution < -0.4 is 4.74 Å². The number of nitrogens with zero attached hydrogens (tertiary/aromatic N) is 4. The highest BCUT2D eigenvalue weighted by Gasteiger charge is 2.24. The first kappa shape index (κ1) is 14.6. The number of methoxy groups -OCH3 is 1. The number of ether oxygens (including phenoxy) is 1. The molecule has 6 nitrogen and oxygen atoms in total. The van der Waals surface area contributed by atoms with E-state index in [1.165, 1.54) is 0 Å². The fourth-order valence-electron chi connectivity index (χ4n) is 2.54. The third-order valence-electron chi connectivity index (χ3n) is 3.90. The Morgan fingerprint density at radius 3 is 2.45 bits per heavy atom. The zero-order chi connectivity index (χ0) is 15.5. The second-order valence-electron chi connectivity index (χ2n) is 5.41. The molecule has 2 aromatic rings. The summed E-state index contributed by atoms with van der Waals surface area (Å²) in [7, 11) is 3.65. The Bertz CT molecular complexity index is 645. The van der Waals surface area contributed by atoms with E-state index in [0.717, 1.165) is 31.9 Å². The smallest absolute Gasteiger partial charge is 0.274 e. The van der Waals surface area contributed by atoms with E-state index < -0.39 is 0 Å². The average molecular weight is 300 g/mol. The molecule has 1 aromatic heterocycles. The number of carbonyl (C=O) groups excluding carboxylic acids is 1. The first-order chi connectivity index (χ1) is 10.7. The summed E-state index contributed by atoms with van der Waals surface area (Å²) in [6, 6.07) is 11.4. The Kier molecular flexibility index (Phi) is 4.11. The molecule has 0 N–H and O–H groups in total. The van der Waals surface area contributed by atoms with Gasteiger partial charge in [-0.2, -0.15) is 5.10 Å². The maximum Gasteiger partial charge on any atom is 0.274 e. The third-order valence-corrected chi connectivity index (χ3v) is 3.90. The van der Waals surface area contributed by atoms with Gasteiger partial charge in [-0.3, -0.25) is 4.79 Å². The minimum absolute atomic E-state index is 0.0407. The maximum atomic E-state index is 12.6. The molecule has 3 rings (SSSR count). The van der Waals surface area contributed by atoms with Crippen LogP contribution in [0.5, 0.6) is 5.88 Å². The van der Waals surface area contributed by atoms with Crippen LogP contribution in [0, 0.1) is 0 Å². The average Bonchev–Trinajstić information content (AvgIpc) is 3.00. The molecule has 1 aromatic carbocycles. The van der Waals surface area contributed by atoms with Crippen LogP contribution in [0.4, 0.5) is 0 Å². The summed E-state index contributed by atoms with van der Waals surface area (Å²) < 4.78 is 7.01. The highest BCUT2D eigenvalue weighted by atomic mass is 16.5. The lowest BCUT2D eigenvalue weighted by Gasteiger charge is -2.31. The van der Waals surface area contributed by atoms with Gasteiger partial charge in [-0.1, -0.05) is 18.2 Å². The zero-order valence-electron chi connectivity index (χ0n) is 12.9. The molecule has 22 heavy (non-hydrogen) atoms. The van der Waals surface area contributed by atoms with Crippen molar-refractivity contribution in [2.24, 2.45) is 0 Å². The van der Waals surface area contributed by atoms with Gasteiger partial charge in [-0.15, -0.1) is 0 Å². The summed E-state index contributed by atoms with van der Waals surface area (Å²) in [4.78, 5) is 16.7. The fraction of sp³-hybridized carbons (Fsp3) is 0.375. The molecule has 0 saturated carbocycles. The van der Waals surface area contributed by atoms with Gasteiger partial charge in [0.05, 0.1) is 12.8 Å². The Labute approximate surface area is 129 Å². The molecule has 0 spiro atoms. The summed E-state index contributed by atoms with van der Waals surface area (Å²) in [5.74, 6) is 0.518. The van der Waals surface area contributed by atoms with E-state index in [4.69, 9.17) is 4.74 Å². The van der Waals surface area contributed by atoms with Crippen LogP contribution in [0.25, 0.3) is 5.69 Å². The predicted molar refractivity (Wildman–Crippen MR) is 83.5 cm³/mol. The molecule has 1 aliphatic heterocycles. The second kappa shape index (κ2) is 6.19. The van der Waals surface area contributed by atoms with Gasteiger partial charge in [0.1, 0.15) is 0 Å². The number of para-hydroxylation sites is 1. The summed E-state index contributed by atoms with van der Waals surface area (Å²) in [5, 5.41) is 4.43. The van der Waals surface area contributed by atoms with Crippen LogP contribution in [0.2, 0.25) is 0 Å². The number of piperazine rings is 1. The minimum Gasteiger partial charge on any atom is -0.481 e. The largest absolute Gasteiger partial charge is 0.481 e. The Hall–Kier alpha value is -2.34. The number of benzene rings is 1. The van der Waals surface area contributed by atoms with E-state index in [2.05, 4.69) is 17.0 Å². The summed E-state index contributed by atoms with van der Waals surface area (Å²) >= 11 is 0. The van der Waals surface area contributed by atoms with E-state index in [9.17, 15) is 4.79 Å². The molecule has 6 heteroatoms. The normalized spacial score (nSPS) is 15.8. The quantitative estimate of drug-likeness (QED) is 0.856. The molecule has 0 bridgehead atoms. The van der Waals surface area contributed by atoms with Crippen molar-refractivity contribution >= 4 is 5.91 Å². The summed E-state index contributed by atoms with van der Waals surface area (Å²) in [6.07, 6.45) is 0. The standard InChI is InChI=1S/C16H20N4O2/c1-18-8-10-19(11-9-18)16(21)14-12-15(22-2)20(17-14)13-6-4-3-5-7-13/h3-7,12H,8-11H2,1-2H3. The number of rotatable bonds is 3. The lowest BCUT2D eigenvalue weighted by molar-refractivity contribution is 0.0657. The number of aromatic nitrogens is 2. The number of hydrogen-bond donors (Lipinski definition) is 0. The van der Waals surface area contributed by atoms with Gasteiger partial charge in [-0.25, -0.2) is 4.68 Å². The van der Waals surface area contributed by atoms with Crippen molar-refractivity contribution in [3.8, 4) is 11.6 Å². The second-order valence-corrected chi connectivity index (χ2v) is 5.41. The van der Waals surface area contributed by atoms with Crippen molar-refractivity contribution < 1.29 is 9.53 Å². The van der Waals surface area contributed by atoms with Gasteiger partial charge < -0.3 is 14.5 Å². The van der Waals surface area contributed by atoms with Crippen molar-refractivity contribution in [1.82, 2.24) is 19.6 Å². The molecule has 2 heterocycles. The number of amides is 1. The van der Waals surface area contributed by atoms with Crippen LogP contribution in [-0.4, -0.2) is 65.8 Å². The monoisotopic (exact) mass is 300 g/mol.